The zero-order valence-corrected chi connectivity index (χ0v) is 14.4. The average molecular weight is 349 g/mol. The molecular weight excluding hydrogens is 334 g/mol. The zero-order chi connectivity index (χ0) is 18.6. The summed E-state index contributed by atoms with van der Waals surface area (Å²) in [7, 11) is 0. The van der Waals surface area contributed by atoms with E-state index >= 15 is 0 Å². The first-order valence-corrected chi connectivity index (χ1v) is 8.48. The Kier molecular flexibility index (Phi) is 4.34. The molecule has 0 saturated carbocycles. The summed E-state index contributed by atoms with van der Waals surface area (Å²) < 4.78 is 0. The predicted octanol–water partition coefficient (Wildman–Crippen LogP) is 6.50. The lowest BCUT2D eigenvalue weighted by Gasteiger charge is -2.04. The number of nitrogens with zero attached hydrogens (tertiary/aromatic N) is 3. The summed E-state index contributed by atoms with van der Waals surface area (Å²) >= 11 is 0. The average Bonchev–Trinajstić information content (AvgIpc) is 2.74. The maximum absolute atomic E-state index is 10.4. The largest absolute Gasteiger partial charge is 0.505 e. The minimum Gasteiger partial charge on any atom is -0.505 e. The topological polar surface area (TPSA) is 68.7 Å². The second-order valence-electron chi connectivity index (χ2n) is 6.09. The summed E-state index contributed by atoms with van der Waals surface area (Å²) in [5.41, 5.74) is 3.83. The predicted molar refractivity (Wildman–Crippen MR) is 106 cm³/mol. The van der Waals surface area contributed by atoms with E-state index in [-0.39, 0.29) is 5.75 Å². The first-order chi connectivity index (χ1) is 13.2. The molecule has 0 fully saturated rings. The molecule has 0 saturated heterocycles. The van der Waals surface area contributed by atoms with Gasteiger partial charge in [-0.2, -0.15) is 10.4 Å². The van der Waals surface area contributed by atoms with Crippen molar-refractivity contribution < 1.29 is 5.11 Å². The number of phenolic OH excluding ortho intramolecular Hbond substituents is 1. The van der Waals surface area contributed by atoms with Crippen molar-refractivity contribution in [3.63, 3.8) is 0 Å². The molecule has 0 unspecified atom stereocenters. The first kappa shape index (κ1) is 16.5. The van der Waals surface area contributed by atoms with Crippen LogP contribution >= 0.6 is 0 Å². The van der Waals surface area contributed by atoms with Crippen molar-refractivity contribution in [2.45, 2.75) is 0 Å². The van der Waals surface area contributed by atoms with E-state index in [0.29, 0.717) is 16.9 Å². The second kappa shape index (κ2) is 7.11. The number of rotatable bonds is 3. The molecule has 27 heavy (non-hydrogen) atoms. The van der Waals surface area contributed by atoms with Gasteiger partial charge in [-0.25, -0.2) is 0 Å². The van der Waals surface area contributed by atoms with E-state index in [1.165, 1.54) is 0 Å². The summed E-state index contributed by atoms with van der Waals surface area (Å²) in [6.45, 7) is 0. The van der Waals surface area contributed by atoms with Gasteiger partial charge in [-0.3, -0.25) is 0 Å². The zero-order valence-electron chi connectivity index (χ0n) is 14.4. The van der Waals surface area contributed by atoms with Crippen LogP contribution in [0.4, 0.5) is 11.4 Å². The molecule has 0 aromatic heterocycles. The Morgan fingerprint density at radius 1 is 0.704 bits per heavy atom. The molecule has 0 radical (unpaired) electrons. The standard InChI is InChI=1S/C23H15N3O/c24-15-16-5-7-17(8-6-16)18-9-12-20(13-10-18)25-26-22-14-11-19-3-1-2-4-21(19)23(22)27/h1-14,27H. The molecule has 4 aromatic carbocycles. The number of nitriles is 1. The Hall–Kier alpha value is -3.97. The number of fused-ring (bicyclic) bond motifs is 1. The third-order valence-electron chi connectivity index (χ3n) is 4.37. The van der Waals surface area contributed by atoms with Crippen molar-refractivity contribution in [1.82, 2.24) is 0 Å². The van der Waals surface area contributed by atoms with Crippen LogP contribution in [0.25, 0.3) is 21.9 Å². The highest BCUT2D eigenvalue weighted by molar-refractivity contribution is 5.92. The van der Waals surface area contributed by atoms with Gasteiger partial charge in [-0.15, -0.1) is 5.11 Å². The van der Waals surface area contributed by atoms with E-state index in [1.54, 1.807) is 18.2 Å². The number of hydrogen-bond acceptors (Lipinski definition) is 4. The Balaban J connectivity index is 1.58. The molecule has 4 nitrogen and oxygen atoms in total. The molecule has 0 atom stereocenters. The van der Waals surface area contributed by atoms with Crippen molar-refractivity contribution in [3.8, 4) is 22.9 Å². The van der Waals surface area contributed by atoms with Crippen LogP contribution in [0, 0.1) is 11.3 Å². The van der Waals surface area contributed by atoms with Crippen LogP contribution in [0.3, 0.4) is 0 Å². The normalized spacial score (nSPS) is 10.9. The molecule has 4 heteroatoms. The molecule has 128 valence electrons. The molecule has 0 spiro atoms. The minimum atomic E-state index is 0.131. The van der Waals surface area contributed by atoms with Gasteiger partial charge in [0.15, 0.2) is 5.75 Å². The van der Waals surface area contributed by atoms with Crippen LogP contribution in [0.1, 0.15) is 5.56 Å². The van der Waals surface area contributed by atoms with E-state index in [4.69, 9.17) is 5.26 Å². The molecular formula is C23H15N3O. The van der Waals surface area contributed by atoms with Crippen LogP contribution in [0.2, 0.25) is 0 Å². The fourth-order valence-electron chi connectivity index (χ4n) is 2.89. The maximum Gasteiger partial charge on any atom is 0.150 e. The van der Waals surface area contributed by atoms with Crippen LogP contribution in [-0.4, -0.2) is 5.11 Å². The molecule has 0 amide bonds. The summed E-state index contributed by atoms with van der Waals surface area (Å²) in [6, 6.07) is 28.5. The van der Waals surface area contributed by atoms with E-state index < -0.39 is 0 Å². The molecule has 1 N–H and O–H groups in total. The monoisotopic (exact) mass is 349 g/mol. The van der Waals surface area contributed by atoms with Crippen molar-refractivity contribution in [2.75, 3.05) is 0 Å². The molecule has 0 aliphatic rings. The van der Waals surface area contributed by atoms with Crippen molar-refractivity contribution >= 4 is 22.1 Å². The van der Waals surface area contributed by atoms with Crippen LogP contribution in [0.5, 0.6) is 5.75 Å². The summed E-state index contributed by atoms with van der Waals surface area (Å²) in [5.74, 6) is 0.131. The quantitative estimate of drug-likeness (QED) is 0.429. The highest BCUT2D eigenvalue weighted by atomic mass is 16.3. The van der Waals surface area contributed by atoms with Crippen molar-refractivity contribution in [1.29, 1.82) is 5.26 Å². The van der Waals surface area contributed by atoms with Gasteiger partial charge in [0, 0.05) is 5.39 Å². The number of phenols is 1. The molecule has 0 aliphatic carbocycles. The van der Waals surface area contributed by atoms with Crippen molar-refractivity contribution in [3.05, 3.63) is 90.5 Å². The minimum absolute atomic E-state index is 0.131. The maximum atomic E-state index is 10.4. The number of hydrogen-bond donors (Lipinski definition) is 1. The lowest BCUT2D eigenvalue weighted by molar-refractivity contribution is 0.482. The van der Waals surface area contributed by atoms with Gasteiger partial charge in [-0.1, -0.05) is 54.6 Å². The van der Waals surface area contributed by atoms with Gasteiger partial charge >= 0.3 is 0 Å². The molecule has 0 bridgehead atoms. The lowest BCUT2D eigenvalue weighted by atomic mass is 10.0. The van der Waals surface area contributed by atoms with Crippen LogP contribution in [-0.2, 0) is 0 Å². The number of azo groups is 1. The SMILES string of the molecule is N#Cc1ccc(-c2ccc(N=Nc3ccc4ccccc4c3O)cc2)cc1. The Morgan fingerprint density at radius 3 is 2.07 bits per heavy atom. The number of benzene rings is 4. The van der Waals surface area contributed by atoms with Crippen LogP contribution in [0.15, 0.2) is 95.2 Å². The highest BCUT2D eigenvalue weighted by Gasteiger charge is 2.05. The van der Waals surface area contributed by atoms with Crippen molar-refractivity contribution in [2.24, 2.45) is 10.2 Å². The van der Waals surface area contributed by atoms with Gasteiger partial charge < -0.3 is 5.11 Å². The Labute approximate surface area is 156 Å². The lowest BCUT2D eigenvalue weighted by Crippen LogP contribution is -1.78. The third-order valence-corrected chi connectivity index (χ3v) is 4.37. The molecule has 0 heterocycles. The van der Waals surface area contributed by atoms with E-state index in [2.05, 4.69) is 16.3 Å². The van der Waals surface area contributed by atoms with E-state index in [1.807, 2.05) is 66.7 Å². The number of aromatic hydroxyl groups is 1. The first-order valence-electron chi connectivity index (χ1n) is 8.48. The molecule has 0 aliphatic heterocycles. The summed E-state index contributed by atoms with van der Waals surface area (Å²) in [5, 5.41) is 29.4. The smallest absolute Gasteiger partial charge is 0.150 e. The van der Waals surface area contributed by atoms with Gasteiger partial charge in [0.1, 0.15) is 5.69 Å². The highest BCUT2D eigenvalue weighted by Crippen LogP contribution is 2.35. The fourth-order valence-corrected chi connectivity index (χ4v) is 2.89. The Bertz CT molecular complexity index is 1170. The summed E-state index contributed by atoms with van der Waals surface area (Å²) in [6.07, 6.45) is 0. The molecule has 4 aromatic rings. The Morgan fingerprint density at radius 2 is 1.37 bits per heavy atom. The van der Waals surface area contributed by atoms with Crippen LogP contribution < -0.4 is 0 Å². The second-order valence-corrected chi connectivity index (χ2v) is 6.09. The van der Waals surface area contributed by atoms with Gasteiger partial charge in [0.05, 0.1) is 17.3 Å². The fraction of sp³-hybridized carbons (Fsp3) is 0. The van der Waals surface area contributed by atoms with Gasteiger partial charge in [0.2, 0.25) is 0 Å². The third kappa shape index (κ3) is 3.39. The van der Waals surface area contributed by atoms with E-state index in [0.717, 1.165) is 21.9 Å². The van der Waals surface area contributed by atoms with Gasteiger partial charge in [0.25, 0.3) is 0 Å². The molecule has 4 rings (SSSR count). The van der Waals surface area contributed by atoms with E-state index in [9.17, 15) is 5.11 Å². The summed E-state index contributed by atoms with van der Waals surface area (Å²) in [4.78, 5) is 0. The van der Waals surface area contributed by atoms with Gasteiger partial charge in [-0.05, 0) is 46.8 Å².